The van der Waals surface area contributed by atoms with E-state index < -0.39 is 5.82 Å². The molecule has 20 heavy (non-hydrogen) atoms. The summed E-state index contributed by atoms with van der Waals surface area (Å²) in [5.74, 6) is 0.271. The van der Waals surface area contributed by atoms with Gasteiger partial charge in [0.25, 0.3) is 0 Å². The summed E-state index contributed by atoms with van der Waals surface area (Å²) in [4.78, 5) is 0. The van der Waals surface area contributed by atoms with Crippen LogP contribution in [-0.4, -0.2) is 0 Å². The van der Waals surface area contributed by atoms with E-state index in [1.807, 2.05) is 30.3 Å². The number of ether oxygens (including phenoxy) is 1. The van der Waals surface area contributed by atoms with Gasteiger partial charge in [-0.1, -0.05) is 31.5 Å². The van der Waals surface area contributed by atoms with E-state index in [0.29, 0.717) is 6.61 Å². The minimum absolute atomic E-state index is 0.0457. The first-order valence-electron chi connectivity index (χ1n) is 6.63. The Hall–Kier alpha value is -2.34. The fourth-order valence-electron chi connectivity index (χ4n) is 1.96. The van der Waals surface area contributed by atoms with Crippen LogP contribution in [0.4, 0.5) is 4.39 Å². The van der Waals surface area contributed by atoms with Gasteiger partial charge in [-0.15, -0.1) is 0 Å². The number of rotatable bonds is 5. The molecule has 0 aliphatic heterocycles. The molecule has 0 fully saturated rings. The fourth-order valence-corrected chi connectivity index (χ4v) is 1.96. The molecule has 2 aromatic carbocycles. The smallest absolute Gasteiger partial charge is 0.140 e. The molecule has 2 nitrogen and oxygen atoms in total. The third-order valence-electron chi connectivity index (χ3n) is 3.02. The van der Waals surface area contributed by atoms with Crippen LogP contribution in [-0.2, 0) is 13.0 Å². The normalized spacial score (nSPS) is 10.1. The number of hydrogen-bond donors (Lipinski definition) is 0. The Morgan fingerprint density at radius 1 is 1.10 bits per heavy atom. The summed E-state index contributed by atoms with van der Waals surface area (Å²) in [6.07, 6.45) is 2.18. The average molecular weight is 269 g/mol. The van der Waals surface area contributed by atoms with Gasteiger partial charge in [-0.05, 0) is 41.8 Å². The van der Waals surface area contributed by atoms with E-state index in [2.05, 4.69) is 6.92 Å². The molecule has 0 bridgehead atoms. The van der Waals surface area contributed by atoms with Gasteiger partial charge < -0.3 is 4.74 Å². The highest BCUT2D eigenvalue weighted by Crippen LogP contribution is 2.16. The number of benzene rings is 2. The lowest BCUT2D eigenvalue weighted by molar-refractivity contribution is 0.306. The number of hydrogen-bond acceptors (Lipinski definition) is 2. The molecule has 0 heterocycles. The largest absolute Gasteiger partial charge is 0.489 e. The van der Waals surface area contributed by atoms with Crippen LogP contribution >= 0.6 is 0 Å². The molecule has 2 rings (SSSR count). The van der Waals surface area contributed by atoms with Gasteiger partial charge in [0, 0.05) is 0 Å². The first kappa shape index (κ1) is 14.1. The van der Waals surface area contributed by atoms with E-state index in [1.165, 1.54) is 17.7 Å². The lowest BCUT2D eigenvalue weighted by Crippen LogP contribution is -1.97. The van der Waals surface area contributed by atoms with Gasteiger partial charge >= 0.3 is 0 Å². The van der Waals surface area contributed by atoms with Crippen LogP contribution in [0, 0.1) is 17.1 Å². The van der Waals surface area contributed by atoms with Crippen molar-refractivity contribution >= 4 is 0 Å². The molecule has 0 saturated carbocycles. The second kappa shape index (κ2) is 6.72. The topological polar surface area (TPSA) is 33.0 Å². The summed E-state index contributed by atoms with van der Waals surface area (Å²) in [5.41, 5.74) is 2.11. The molecule has 0 aliphatic carbocycles. The van der Waals surface area contributed by atoms with Gasteiger partial charge in [0.2, 0.25) is 0 Å². The minimum atomic E-state index is -0.500. The molecular formula is C17H16FNO. The number of halogens is 1. The quantitative estimate of drug-likeness (QED) is 0.813. The zero-order valence-electron chi connectivity index (χ0n) is 11.4. The SMILES string of the molecule is CCCc1ccc(OCc2ccc(F)c(C#N)c2)cc1. The average Bonchev–Trinajstić information content (AvgIpc) is 2.48. The zero-order valence-corrected chi connectivity index (χ0v) is 11.4. The maximum Gasteiger partial charge on any atom is 0.140 e. The van der Waals surface area contributed by atoms with Crippen LogP contribution in [0.2, 0.25) is 0 Å². The van der Waals surface area contributed by atoms with Gasteiger partial charge in [-0.3, -0.25) is 0 Å². The first-order valence-corrected chi connectivity index (χ1v) is 6.63. The third kappa shape index (κ3) is 3.58. The molecule has 0 aliphatic rings. The van der Waals surface area contributed by atoms with E-state index in [0.717, 1.165) is 24.2 Å². The maximum absolute atomic E-state index is 13.2. The van der Waals surface area contributed by atoms with Gasteiger partial charge in [-0.2, -0.15) is 5.26 Å². The van der Waals surface area contributed by atoms with E-state index in [-0.39, 0.29) is 5.56 Å². The van der Waals surface area contributed by atoms with Crippen LogP contribution in [0.5, 0.6) is 5.75 Å². The summed E-state index contributed by atoms with van der Waals surface area (Å²) in [7, 11) is 0. The van der Waals surface area contributed by atoms with Gasteiger partial charge in [-0.25, -0.2) is 4.39 Å². The van der Waals surface area contributed by atoms with Crippen molar-refractivity contribution in [2.24, 2.45) is 0 Å². The summed E-state index contributed by atoms with van der Waals surface area (Å²) in [6.45, 7) is 2.47. The lowest BCUT2D eigenvalue weighted by atomic mass is 10.1. The predicted molar refractivity (Wildman–Crippen MR) is 75.9 cm³/mol. The number of aryl methyl sites for hydroxylation is 1. The van der Waals surface area contributed by atoms with Crippen molar-refractivity contribution in [3.05, 3.63) is 65.0 Å². The molecule has 0 saturated heterocycles. The molecule has 0 radical (unpaired) electrons. The Labute approximate surface area is 118 Å². The Kier molecular flexibility index (Phi) is 4.73. The van der Waals surface area contributed by atoms with Crippen LogP contribution in [0.1, 0.15) is 30.0 Å². The van der Waals surface area contributed by atoms with Crippen LogP contribution in [0.25, 0.3) is 0 Å². The number of nitriles is 1. The van der Waals surface area contributed by atoms with Gasteiger partial charge in [0.15, 0.2) is 0 Å². The molecule has 0 amide bonds. The van der Waals surface area contributed by atoms with Crippen molar-refractivity contribution in [1.82, 2.24) is 0 Å². The Morgan fingerprint density at radius 2 is 1.80 bits per heavy atom. The summed E-state index contributed by atoms with van der Waals surface area (Å²) < 4.78 is 18.8. The number of nitrogens with zero attached hydrogens (tertiary/aromatic N) is 1. The fraction of sp³-hybridized carbons (Fsp3) is 0.235. The third-order valence-corrected chi connectivity index (χ3v) is 3.02. The van der Waals surface area contributed by atoms with Gasteiger partial charge in [0.1, 0.15) is 24.2 Å². The van der Waals surface area contributed by atoms with Crippen LogP contribution < -0.4 is 4.74 Å². The molecule has 3 heteroatoms. The van der Waals surface area contributed by atoms with E-state index in [1.54, 1.807) is 6.07 Å². The monoisotopic (exact) mass is 269 g/mol. The minimum Gasteiger partial charge on any atom is -0.489 e. The van der Waals surface area contributed by atoms with Gasteiger partial charge in [0.05, 0.1) is 5.56 Å². The Balaban J connectivity index is 2.00. The molecule has 0 atom stereocenters. The van der Waals surface area contributed by atoms with Crippen molar-refractivity contribution in [3.8, 4) is 11.8 Å². The van der Waals surface area contributed by atoms with E-state index in [4.69, 9.17) is 10.00 Å². The highest BCUT2D eigenvalue weighted by molar-refractivity contribution is 5.34. The first-order chi connectivity index (χ1) is 9.72. The standard InChI is InChI=1S/C17H16FNO/c1-2-3-13-4-7-16(8-5-13)20-12-14-6-9-17(18)15(10-14)11-19/h4-10H,2-3,12H2,1H3. The second-order valence-corrected chi connectivity index (χ2v) is 4.61. The molecule has 0 spiro atoms. The van der Waals surface area contributed by atoms with Crippen molar-refractivity contribution in [3.63, 3.8) is 0 Å². The summed E-state index contributed by atoms with van der Waals surface area (Å²) in [6, 6.07) is 14.2. The molecule has 102 valence electrons. The lowest BCUT2D eigenvalue weighted by Gasteiger charge is -2.07. The van der Waals surface area contributed by atoms with E-state index in [9.17, 15) is 4.39 Å². The van der Waals surface area contributed by atoms with Crippen molar-refractivity contribution in [2.45, 2.75) is 26.4 Å². The zero-order chi connectivity index (χ0) is 14.4. The van der Waals surface area contributed by atoms with Crippen LogP contribution in [0.15, 0.2) is 42.5 Å². The highest BCUT2D eigenvalue weighted by atomic mass is 19.1. The Bertz CT molecular complexity index is 614. The molecule has 0 unspecified atom stereocenters. The summed E-state index contributed by atoms with van der Waals surface area (Å²) in [5, 5.41) is 8.78. The molecule has 0 aromatic heterocycles. The van der Waals surface area contributed by atoms with Crippen molar-refractivity contribution in [2.75, 3.05) is 0 Å². The van der Waals surface area contributed by atoms with Crippen molar-refractivity contribution < 1.29 is 9.13 Å². The molecular weight excluding hydrogens is 253 g/mol. The maximum atomic E-state index is 13.2. The molecule has 2 aromatic rings. The summed E-state index contributed by atoms with van der Waals surface area (Å²) >= 11 is 0. The highest BCUT2D eigenvalue weighted by Gasteiger charge is 2.03. The van der Waals surface area contributed by atoms with E-state index >= 15 is 0 Å². The van der Waals surface area contributed by atoms with Crippen molar-refractivity contribution in [1.29, 1.82) is 5.26 Å². The second-order valence-electron chi connectivity index (χ2n) is 4.61. The Morgan fingerprint density at radius 3 is 2.45 bits per heavy atom. The predicted octanol–water partition coefficient (Wildman–Crippen LogP) is 4.23. The van der Waals surface area contributed by atoms with Crippen LogP contribution in [0.3, 0.4) is 0 Å². The molecule has 0 N–H and O–H groups in total.